The quantitative estimate of drug-likeness (QED) is 0.592. The van der Waals surface area contributed by atoms with E-state index in [-0.39, 0.29) is 10.6 Å². The number of nitro groups is 1. The molecule has 0 unspecified atom stereocenters. The zero-order valence-corrected chi connectivity index (χ0v) is 9.24. The molecule has 0 aliphatic heterocycles. The van der Waals surface area contributed by atoms with Crippen LogP contribution in [0.15, 0.2) is 42.3 Å². The van der Waals surface area contributed by atoms with E-state index in [9.17, 15) is 10.1 Å². The maximum absolute atomic E-state index is 11.0. The Labute approximate surface area is 96.8 Å². The summed E-state index contributed by atoms with van der Waals surface area (Å²) in [5, 5.41) is 12.9. The maximum Gasteiger partial charge on any atom is 0.278 e. The molecule has 0 saturated carbocycles. The van der Waals surface area contributed by atoms with Crippen LogP contribution in [0.4, 0.5) is 5.69 Å². The second-order valence-electron chi connectivity index (χ2n) is 3.18. The molecule has 0 N–H and O–H groups in total. The van der Waals surface area contributed by atoms with Crippen molar-refractivity contribution in [1.29, 1.82) is 0 Å². The molecule has 1 aromatic heterocycles. The normalized spacial score (nSPS) is 10.0. The average molecular weight is 231 g/mol. The van der Waals surface area contributed by atoms with Crippen molar-refractivity contribution < 1.29 is 4.92 Å². The first-order valence-electron chi connectivity index (χ1n) is 4.67. The van der Waals surface area contributed by atoms with Gasteiger partial charge < -0.3 is 0 Å². The highest BCUT2D eigenvalue weighted by Gasteiger charge is 2.18. The molecule has 1 heterocycles. The summed E-state index contributed by atoms with van der Waals surface area (Å²) in [7, 11) is 0. The standard InChI is InChI=1S/C12H9NO2S/c1-2-9-5-3-6-10(13(14)15)12(9)11-7-4-8-16-11/h2-8H,1H2. The third kappa shape index (κ3) is 1.75. The molecule has 2 aromatic rings. The summed E-state index contributed by atoms with van der Waals surface area (Å²) in [5.41, 5.74) is 1.56. The average Bonchev–Trinajstić information content (AvgIpc) is 2.81. The molecule has 0 radical (unpaired) electrons. The molecule has 0 aliphatic carbocycles. The molecule has 0 atom stereocenters. The van der Waals surface area contributed by atoms with Crippen LogP contribution < -0.4 is 0 Å². The molecule has 3 nitrogen and oxygen atoms in total. The van der Waals surface area contributed by atoms with Gasteiger partial charge in [-0.1, -0.05) is 30.9 Å². The summed E-state index contributed by atoms with van der Waals surface area (Å²) >= 11 is 1.48. The van der Waals surface area contributed by atoms with Crippen molar-refractivity contribution in [2.24, 2.45) is 0 Å². The van der Waals surface area contributed by atoms with Crippen LogP contribution in [0.2, 0.25) is 0 Å². The van der Waals surface area contributed by atoms with Crippen molar-refractivity contribution >= 4 is 23.1 Å². The third-order valence-electron chi connectivity index (χ3n) is 2.26. The van der Waals surface area contributed by atoms with Crippen molar-refractivity contribution in [3.05, 3.63) is 58.0 Å². The van der Waals surface area contributed by atoms with Gasteiger partial charge >= 0.3 is 0 Å². The van der Waals surface area contributed by atoms with E-state index in [0.29, 0.717) is 5.56 Å². The van der Waals surface area contributed by atoms with Crippen LogP contribution in [0.25, 0.3) is 16.5 Å². The van der Waals surface area contributed by atoms with E-state index in [1.54, 1.807) is 12.1 Å². The Morgan fingerprint density at radius 2 is 2.12 bits per heavy atom. The largest absolute Gasteiger partial charge is 0.278 e. The first-order valence-corrected chi connectivity index (χ1v) is 5.55. The number of nitro benzene ring substituents is 1. The monoisotopic (exact) mass is 231 g/mol. The number of hydrogen-bond acceptors (Lipinski definition) is 3. The van der Waals surface area contributed by atoms with Crippen molar-refractivity contribution in [3.63, 3.8) is 0 Å². The van der Waals surface area contributed by atoms with Crippen LogP contribution in [0.5, 0.6) is 0 Å². The minimum atomic E-state index is -0.359. The molecule has 0 saturated heterocycles. The molecule has 0 aliphatic rings. The number of nitrogens with zero attached hydrogens (tertiary/aromatic N) is 1. The summed E-state index contributed by atoms with van der Waals surface area (Å²) in [4.78, 5) is 11.5. The Bertz CT molecular complexity index is 532. The van der Waals surface area contributed by atoms with Crippen molar-refractivity contribution in [2.75, 3.05) is 0 Å². The molecule has 80 valence electrons. The van der Waals surface area contributed by atoms with E-state index in [1.807, 2.05) is 23.6 Å². The molecule has 2 rings (SSSR count). The SMILES string of the molecule is C=Cc1cccc([N+](=O)[O-])c1-c1cccs1. The lowest BCUT2D eigenvalue weighted by atomic mass is 10.0. The van der Waals surface area contributed by atoms with Gasteiger partial charge in [0.25, 0.3) is 5.69 Å². The maximum atomic E-state index is 11.0. The second-order valence-corrected chi connectivity index (χ2v) is 4.13. The Hall–Kier alpha value is -1.94. The Morgan fingerprint density at radius 1 is 1.31 bits per heavy atom. The van der Waals surface area contributed by atoms with E-state index in [2.05, 4.69) is 6.58 Å². The van der Waals surface area contributed by atoms with Crippen molar-refractivity contribution in [3.8, 4) is 10.4 Å². The van der Waals surface area contributed by atoms with Gasteiger partial charge in [0.05, 0.1) is 10.5 Å². The first kappa shape index (κ1) is 10.6. The number of thiophene rings is 1. The summed E-state index contributed by atoms with van der Waals surface area (Å²) in [6.45, 7) is 3.68. The summed E-state index contributed by atoms with van der Waals surface area (Å²) in [6, 6.07) is 8.77. The number of rotatable bonds is 3. The van der Waals surface area contributed by atoms with Crippen LogP contribution in [-0.4, -0.2) is 4.92 Å². The van der Waals surface area contributed by atoms with E-state index < -0.39 is 0 Å². The highest BCUT2D eigenvalue weighted by atomic mass is 32.1. The lowest BCUT2D eigenvalue weighted by Crippen LogP contribution is -1.92. The summed E-state index contributed by atoms with van der Waals surface area (Å²) in [6.07, 6.45) is 1.64. The zero-order valence-electron chi connectivity index (χ0n) is 8.42. The summed E-state index contributed by atoms with van der Waals surface area (Å²) < 4.78 is 0. The fourth-order valence-corrected chi connectivity index (χ4v) is 2.37. The van der Waals surface area contributed by atoms with Crippen LogP contribution in [0.1, 0.15) is 5.56 Å². The fourth-order valence-electron chi connectivity index (χ4n) is 1.57. The third-order valence-corrected chi connectivity index (χ3v) is 3.15. The Morgan fingerprint density at radius 3 is 2.69 bits per heavy atom. The van der Waals surface area contributed by atoms with Gasteiger partial charge in [-0.25, -0.2) is 0 Å². The van der Waals surface area contributed by atoms with Crippen LogP contribution in [-0.2, 0) is 0 Å². The van der Waals surface area contributed by atoms with Crippen molar-refractivity contribution in [1.82, 2.24) is 0 Å². The predicted octanol–water partition coefficient (Wildman–Crippen LogP) is 3.97. The van der Waals surface area contributed by atoms with E-state index >= 15 is 0 Å². The molecule has 16 heavy (non-hydrogen) atoms. The molecule has 4 heteroatoms. The topological polar surface area (TPSA) is 43.1 Å². The van der Waals surface area contributed by atoms with E-state index in [0.717, 1.165) is 10.4 Å². The Kier molecular flexibility index (Phi) is 2.83. The lowest BCUT2D eigenvalue weighted by molar-refractivity contribution is -0.384. The molecule has 0 bridgehead atoms. The highest BCUT2D eigenvalue weighted by molar-refractivity contribution is 7.13. The fraction of sp³-hybridized carbons (Fsp3) is 0. The van der Waals surface area contributed by atoms with E-state index in [4.69, 9.17) is 0 Å². The number of hydrogen-bond donors (Lipinski definition) is 0. The minimum absolute atomic E-state index is 0.125. The van der Waals surface area contributed by atoms with Gasteiger partial charge in [0.2, 0.25) is 0 Å². The molecule has 1 aromatic carbocycles. The van der Waals surface area contributed by atoms with Crippen LogP contribution >= 0.6 is 11.3 Å². The van der Waals surface area contributed by atoms with Crippen molar-refractivity contribution in [2.45, 2.75) is 0 Å². The smallest absolute Gasteiger partial charge is 0.258 e. The van der Waals surface area contributed by atoms with Gasteiger partial charge in [0.15, 0.2) is 0 Å². The molecule has 0 spiro atoms. The Balaban J connectivity index is 2.73. The van der Waals surface area contributed by atoms with Crippen LogP contribution in [0.3, 0.4) is 0 Å². The van der Waals surface area contributed by atoms with Crippen LogP contribution in [0, 0.1) is 10.1 Å². The summed E-state index contributed by atoms with van der Waals surface area (Å²) in [5.74, 6) is 0. The lowest BCUT2D eigenvalue weighted by Gasteiger charge is -2.04. The second kappa shape index (κ2) is 4.28. The molecule has 0 fully saturated rings. The predicted molar refractivity (Wildman–Crippen MR) is 66.5 cm³/mol. The van der Waals surface area contributed by atoms with Gasteiger partial charge in [-0.3, -0.25) is 10.1 Å². The van der Waals surface area contributed by atoms with E-state index in [1.165, 1.54) is 17.4 Å². The first-order chi connectivity index (χ1) is 7.74. The molecular weight excluding hydrogens is 222 g/mol. The highest BCUT2D eigenvalue weighted by Crippen LogP contribution is 2.36. The molecule has 0 amide bonds. The van der Waals surface area contributed by atoms with Gasteiger partial charge in [-0.05, 0) is 17.0 Å². The van der Waals surface area contributed by atoms with Gasteiger partial charge in [-0.15, -0.1) is 11.3 Å². The minimum Gasteiger partial charge on any atom is -0.258 e. The van der Waals surface area contributed by atoms with Gasteiger partial charge in [0.1, 0.15) is 0 Å². The molecular formula is C12H9NO2S. The number of benzene rings is 1. The van der Waals surface area contributed by atoms with Gasteiger partial charge in [-0.2, -0.15) is 0 Å². The zero-order chi connectivity index (χ0) is 11.5. The van der Waals surface area contributed by atoms with Gasteiger partial charge in [0, 0.05) is 10.9 Å².